The molecule has 1 aliphatic heterocycles. The Morgan fingerprint density at radius 2 is 1.67 bits per heavy atom. The maximum atomic E-state index is 14.3. The van der Waals surface area contributed by atoms with E-state index in [0.717, 1.165) is 44.9 Å². The lowest BCUT2D eigenvalue weighted by Gasteiger charge is -2.45. The number of aromatic nitrogens is 2. The molecular weight excluding hydrogens is 630 g/mol. The Labute approximate surface area is 288 Å². The summed E-state index contributed by atoms with van der Waals surface area (Å²) < 4.78 is 6.10. The highest BCUT2D eigenvalue weighted by Crippen LogP contribution is 2.29. The van der Waals surface area contributed by atoms with Crippen LogP contribution in [0.4, 0.5) is 0 Å². The molecule has 0 spiro atoms. The zero-order valence-electron chi connectivity index (χ0n) is 29.7. The number of nitrogens with one attached hydrogen (secondary N) is 4. The van der Waals surface area contributed by atoms with Gasteiger partial charge in [0.2, 0.25) is 17.6 Å². The van der Waals surface area contributed by atoms with Gasteiger partial charge in [-0.05, 0) is 57.3 Å². The monoisotopic (exact) mass is 683 g/mol. The molecule has 2 saturated carbocycles. The van der Waals surface area contributed by atoms with Gasteiger partial charge in [-0.25, -0.2) is 4.98 Å². The molecule has 3 aliphatic rings. The highest BCUT2D eigenvalue weighted by atomic mass is 16.5. The van der Waals surface area contributed by atoms with Crippen LogP contribution in [0, 0.1) is 11.3 Å². The minimum Gasteiger partial charge on any atom is -0.359 e. The zero-order valence-corrected chi connectivity index (χ0v) is 29.7. The van der Waals surface area contributed by atoms with Gasteiger partial charge in [-0.3, -0.25) is 33.8 Å². The Balaban J connectivity index is 1.50. The predicted octanol–water partition coefficient (Wildman–Crippen LogP) is 1.82. The van der Waals surface area contributed by atoms with Gasteiger partial charge in [0.25, 0.3) is 17.7 Å². The average molecular weight is 684 g/mol. The van der Waals surface area contributed by atoms with Crippen LogP contribution in [0.3, 0.4) is 0 Å². The summed E-state index contributed by atoms with van der Waals surface area (Å²) >= 11 is 0. The third-order valence-corrected chi connectivity index (χ3v) is 9.26. The Hall–Kier alpha value is -3.94. The number of morpholine rings is 1. The number of ketones is 1. The second kappa shape index (κ2) is 16.2. The second-order valence-electron chi connectivity index (χ2n) is 15.3. The number of ether oxygens (including phenoxy) is 1. The fourth-order valence-corrected chi connectivity index (χ4v) is 6.51. The van der Waals surface area contributed by atoms with E-state index < -0.39 is 70.6 Å². The highest BCUT2D eigenvalue weighted by Gasteiger charge is 2.45. The summed E-state index contributed by atoms with van der Waals surface area (Å²) in [6.45, 7) is 10.9. The van der Waals surface area contributed by atoms with Gasteiger partial charge in [0.05, 0.1) is 24.4 Å². The maximum absolute atomic E-state index is 14.3. The highest BCUT2D eigenvalue weighted by molar-refractivity contribution is 6.38. The van der Waals surface area contributed by atoms with Crippen LogP contribution in [0.2, 0.25) is 0 Å². The predicted molar refractivity (Wildman–Crippen MR) is 180 cm³/mol. The lowest BCUT2D eigenvalue weighted by atomic mass is 9.82. The number of carbonyl (C=O) groups is 6. The van der Waals surface area contributed by atoms with Crippen LogP contribution in [0.15, 0.2) is 18.6 Å². The number of amides is 5. The van der Waals surface area contributed by atoms with Crippen LogP contribution in [0.5, 0.6) is 0 Å². The van der Waals surface area contributed by atoms with Crippen molar-refractivity contribution in [1.82, 2.24) is 36.1 Å². The molecule has 1 aromatic rings. The molecule has 4 atom stereocenters. The maximum Gasteiger partial charge on any atom is 0.289 e. The summed E-state index contributed by atoms with van der Waals surface area (Å²) in [7, 11) is 0. The Bertz CT molecular complexity index is 1370. The smallest absolute Gasteiger partial charge is 0.289 e. The van der Waals surface area contributed by atoms with Gasteiger partial charge in [-0.15, -0.1) is 0 Å². The van der Waals surface area contributed by atoms with Crippen molar-refractivity contribution in [3.8, 4) is 0 Å². The van der Waals surface area contributed by atoms with Crippen molar-refractivity contribution in [1.29, 1.82) is 0 Å². The summed E-state index contributed by atoms with van der Waals surface area (Å²) in [5, 5.41) is 11.2. The molecule has 270 valence electrons. The van der Waals surface area contributed by atoms with E-state index in [1.807, 2.05) is 27.7 Å². The van der Waals surface area contributed by atoms with Gasteiger partial charge in [0.1, 0.15) is 17.8 Å². The lowest BCUT2D eigenvalue weighted by molar-refractivity contribution is -0.174. The summed E-state index contributed by atoms with van der Waals surface area (Å²) in [4.78, 5) is 90.0. The minimum atomic E-state index is -1.12. The molecule has 3 fully saturated rings. The zero-order chi connectivity index (χ0) is 35.9. The Morgan fingerprint density at radius 1 is 0.980 bits per heavy atom. The van der Waals surface area contributed by atoms with Crippen molar-refractivity contribution in [2.45, 2.75) is 135 Å². The van der Waals surface area contributed by atoms with Crippen molar-refractivity contribution < 1.29 is 33.5 Å². The van der Waals surface area contributed by atoms with Crippen LogP contribution < -0.4 is 21.3 Å². The molecule has 1 unspecified atom stereocenters. The standard InChI is InChI=1S/C35H53N7O7/c1-7-11-23(27(43)32(47)38-22-14-15-22)39-30(45)25-19-42(20-35(5,6)49-25)33(48)28(34(2,3)4)41-31(46)26(21-12-9-8-10-13-21)40-29(44)24-18-36-16-17-37-24/h16-18,21-23,25-26,28H,7-15,19-20H2,1-6H3,(H,38,47)(H,39,45)(H,40,44)(H,41,46)/t23-,25?,26-,28+/m0/s1. The summed E-state index contributed by atoms with van der Waals surface area (Å²) in [6, 6.07) is -2.92. The van der Waals surface area contributed by atoms with E-state index >= 15 is 0 Å². The van der Waals surface area contributed by atoms with E-state index in [1.54, 1.807) is 13.8 Å². The average Bonchev–Trinajstić information content (AvgIpc) is 3.88. The summed E-state index contributed by atoms with van der Waals surface area (Å²) in [6.07, 6.45) is 9.99. The molecule has 0 aromatic carbocycles. The van der Waals surface area contributed by atoms with Gasteiger partial charge in [0, 0.05) is 25.0 Å². The number of carbonyl (C=O) groups excluding carboxylic acids is 6. The minimum absolute atomic E-state index is 0.000105. The molecule has 1 aromatic heterocycles. The molecule has 2 heterocycles. The van der Waals surface area contributed by atoms with E-state index in [9.17, 15) is 28.8 Å². The van der Waals surface area contributed by atoms with Crippen LogP contribution in [-0.2, 0) is 28.7 Å². The molecule has 4 N–H and O–H groups in total. The van der Waals surface area contributed by atoms with E-state index in [-0.39, 0.29) is 37.2 Å². The summed E-state index contributed by atoms with van der Waals surface area (Å²) in [5.74, 6) is -3.54. The van der Waals surface area contributed by atoms with Crippen LogP contribution in [0.25, 0.3) is 0 Å². The van der Waals surface area contributed by atoms with Crippen molar-refractivity contribution >= 4 is 35.3 Å². The molecule has 0 bridgehead atoms. The normalized spacial score (nSPS) is 21.4. The van der Waals surface area contributed by atoms with Crippen molar-refractivity contribution in [2.24, 2.45) is 11.3 Å². The molecule has 5 amide bonds. The molecule has 14 heteroatoms. The van der Waals surface area contributed by atoms with Crippen molar-refractivity contribution in [3.05, 3.63) is 24.3 Å². The molecule has 49 heavy (non-hydrogen) atoms. The van der Waals surface area contributed by atoms with Crippen molar-refractivity contribution in [2.75, 3.05) is 13.1 Å². The molecular formula is C35H53N7O7. The number of hydrogen-bond donors (Lipinski definition) is 4. The van der Waals surface area contributed by atoms with E-state index in [0.29, 0.717) is 6.42 Å². The molecule has 2 aliphatic carbocycles. The molecule has 14 nitrogen and oxygen atoms in total. The molecule has 1 saturated heterocycles. The molecule has 0 radical (unpaired) electrons. The van der Waals surface area contributed by atoms with Gasteiger partial charge in [-0.2, -0.15) is 0 Å². The van der Waals surface area contributed by atoms with E-state index in [1.165, 1.54) is 23.5 Å². The first-order chi connectivity index (χ1) is 23.1. The second-order valence-corrected chi connectivity index (χ2v) is 15.3. The van der Waals surface area contributed by atoms with Gasteiger partial charge >= 0.3 is 0 Å². The first-order valence-electron chi connectivity index (χ1n) is 17.6. The lowest BCUT2D eigenvalue weighted by Crippen LogP contribution is -2.65. The van der Waals surface area contributed by atoms with Gasteiger partial charge in [-0.1, -0.05) is 53.4 Å². The quantitative estimate of drug-likeness (QED) is 0.225. The van der Waals surface area contributed by atoms with Crippen LogP contribution in [0.1, 0.15) is 110 Å². The van der Waals surface area contributed by atoms with E-state index in [2.05, 4.69) is 31.2 Å². The third-order valence-electron chi connectivity index (χ3n) is 9.26. The van der Waals surface area contributed by atoms with Crippen LogP contribution in [-0.4, -0.2) is 99.1 Å². The number of rotatable bonds is 13. The van der Waals surface area contributed by atoms with Crippen molar-refractivity contribution in [3.63, 3.8) is 0 Å². The summed E-state index contributed by atoms with van der Waals surface area (Å²) in [5.41, 5.74) is -1.59. The fraction of sp³-hybridized carbons (Fsp3) is 0.714. The Morgan fingerprint density at radius 3 is 2.27 bits per heavy atom. The number of Topliss-reactive ketones (excluding diaryl/α,β-unsaturated/α-hetero) is 1. The van der Waals surface area contributed by atoms with E-state index in [4.69, 9.17) is 4.74 Å². The first-order valence-corrected chi connectivity index (χ1v) is 17.6. The first kappa shape index (κ1) is 37.9. The number of hydrogen-bond acceptors (Lipinski definition) is 9. The fourth-order valence-electron chi connectivity index (χ4n) is 6.51. The number of nitrogens with zero attached hydrogens (tertiary/aromatic N) is 3. The van der Waals surface area contributed by atoms with Crippen LogP contribution >= 0.6 is 0 Å². The third kappa shape index (κ3) is 10.5. The SMILES string of the molecule is CCC[C@H](NC(=O)C1CN(C(=O)[C@@H](NC(=O)[C@@H](NC(=O)c2cnccn2)C2CCCCC2)C(C)(C)C)CC(C)(C)O1)C(=O)C(=O)NC1CC1. The van der Waals surface area contributed by atoms with Gasteiger partial charge < -0.3 is 30.9 Å². The topological polar surface area (TPSA) is 189 Å². The Kier molecular flexibility index (Phi) is 12.5. The molecule has 4 rings (SSSR count). The largest absolute Gasteiger partial charge is 0.359 e. The van der Waals surface area contributed by atoms with Gasteiger partial charge in [0.15, 0.2) is 6.10 Å².